The predicted molar refractivity (Wildman–Crippen MR) is 61.8 cm³/mol. The molecule has 2 heterocycles. The number of nitrogens with one attached hydrogen (secondary N) is 2. The molecule has 1 aliphatic heterocycles. The lowest BCUT2D eigenvalue weighted by Crippen LogP contribution is -2.39. The lowest BCUT2D eigenvalue weighted by molar-refractivity contribution is 0.0950. The lowest BCUT2D eigenvalue weighted by atomic mass is 9.76. The summed E-state index contributed by atoms with van der Waals surface area (Å²) in [5.41, 5.74) is -0.0650. The van der Waals surface area contributed by atoms with Crippen LogP contribution in [-0.2, 0) is 5.41 Å². The van der Waals surface area contributed by atoms with Crippen LogP contribution < -0.4 is 10.6 Å². The molecule has 0 spiro atoms. The van der Waals surface area contributed by atoms with Crippen LogP contribution in [0.5, 0.6) is 0 Å². The fourth-order valence-corrected chi connectivity index (χ4v) is 2.27. The molecule has 2 rings (SSSR count). The van der Waals surface area contributed by atoms with Crippen molar-refractivity contribution in [2.75, 3.05) is 20.1 Å². The van der Waals surface area contributed by atoms with Gasteiger partial charge in [-0.1, -0.05) is 12.1 Å². The van der Waals surface area contributed by atoms with Crippen LogP contribution in [0.3, 0.4) is 0 Å². The molecule has 6 nitrogen and oxygen atoms in total. The van der Waals surface area contributed by atoms with Crippen LogP contribution >= 0.6 is 0 Å². The molecule has 0 bridgehead atoms. The first-order chi connectivity index (χ1) is 8.22. The minimum atomic E-state index is -0.305. The summed E-state index contributed by atoms with van der Waals surface area (Å²) in [6, 6.07) is 0. The molecule has 1 amide bonds. The first-order valence-corrected chi connectivity index (χ1v) is 5.99. The van der Waals surface area contributed by atoms with E-state index >= 15 is 0 Å². The van der Waals surface area contributed by atoms with Crippen molar-refractivity contribution >= 4 is 5.91 Å². The van der Waals surface area contributed by atoms with Crippen LogP contribution in [0.25, 0.3) is 0 Å². The summed E-state index contributed by atoms with van der Waals surface area (Å²) in [5, 5.41) is 9.54. The number of hydrogen-bond acceptors (Lipinski definition) is 5. The van der Waals surface area contributed by atoms with Crippen LogP contribution in [0.15, 0.2) is 4.52 Å². The maximum atomic E-state index is 11.4. The van der Waals surface area contributed by atoms with Crippen molar-refractivity contribution < 1.29 is 9.32 Å². The maximum Gasteiger partial charge on any atom is 0.292 e. The molecule has 1 aliphatic rings. The Morgan fingerprint density at radius 2 is 2.24 bits per heavy atom. The summed E-state index contributed by atoms with van der Waals surface area (Å²) in [5.74, 6) is 0.411. The van der Waals surface area contributed by atoms with Gasteiger partial charge in [-0.3, -0.25) is 4.79 Å². The van der Waals surface area contributed by atoms with Gasteiger partial charge in [-0.05, 0) is 32.4 Å². The molecule has 17 heavy (non-hydrogen) atoms. The molecule has 1 aromatic heterocycles. The van der Waals surface area contributed by atoms with Gasteiger partial charge in [-0.15, -0.1) is 0 Å². The van der Waals surface area contributed by atoms with Crippen LogP contribution in [-0.4, -0.2) is 36.2 Å². The summed E-state index contributed by atoms with van der Waals surface area (Å²) in [6.07, 6.45) is 2.89. The lowest BCUT2D eigenvalue weighted by Gasteiger charge is -2.33. The standard InChI is InChI=1S/C11H18N4O2/c1-3-11(4-6-13-7-5-11)10-14-8(15-17-10)9(16)12-2/h13H,3-7H2,1-2H3,(H,12,16). The Morgan fingerprint density at radius 1 is 1.53 bits per heavy atom. The Labute approximate surface area is 100 Å². The summed E-state index contributed by atoms with van der Waals surface area (Å²) in [4.78, 5) is 15.6. The number of carbonyl (C=O) groups is 1. The average Bonchev–Trinajstić information content (AvgIpc) is 2.88. The Bertz CT molecular complexity index is 396. The SMILES string of the molecule is CCC1(c2nc(C(=O)NC)no2)CCNCC1. The minimum absolute atomic E-state index is 0.0650. The number of carbonyl (C=O) groups excluding carboxylic acids is 1. The molecule has 0 unspecified atom stereocenters. The van der Waals surface area contributed by atoms with Crippen molar-refractivity contribution in [1.82, 2.24) is 20.8 Å². The van der Waals surface area contributed by atoms with Crippen molar-refractivity contribution in [2.24, 2.45) is 0 Å². The second-order valence-corrected chi connectivity index (χ2v) is 4.39. The van der Waals surface area contributed by atoms with Gasteiger partial charge < -0.3 is 15.2 Å². The first-order valence-electron chi connectivity index (χ1n) is 5.99. The fraction of sp³-hybridized carbons (Fsp3) is 0.727. The Balaban J connectivity index is 2.25. The average molecular weight is 238 g/mol. The summed E-state index contributed by atoms with van der Waals surface area (Å²) in [7, 11) is 1.55. The number of aromatic nitrogens is 2. The van der Waals surface area contributed by atoms with E-state index < -0.39 is 0 Å². The topological polar surface area (TPSA) is 80.1 Å². The molecule has 0 saturated carbocycles. The zero-order valence-corrected chi connectivity index (χ0v) is 10.2. The van der Waals surface area contributed by atoms with Crippen molar-refractivity contribution in [1.29, 1.82) is 0 Å². The zero-order valence-electron chi connectivity index (χ0n) is 10.2. The zero-order chi connectivity index (χ0) is 12.3. The fourth-order valence-electron chi connectivity index (χ4n) is 2.27. The van der Waals surface area contributed by atoms with Gasteiger partial charge in [-0.2, -0.15) is 4.98 Å². The van der Waals surface area contributed by atoms with E-state index in [1.807, 2.05) is 0 Å². The molecular weight excluding hydrogens is 220 g/mol. The van der Waals surface area contributed by atoms with Gasteiger partial charge >= 0.3 is 0 Å². The molecular formula is C11H18N4O2. The number of piperidine rings is 1. The van der Waals surface area contributed by atoms with E-state index in [1.54, 1.807) is 7.05 Å². The van der Waals surface area contributed by atoms with E-state index in [-0.39, 0.29) is 17.1 Å². The minimum Gasteiger partial charge on any atom is -0.352 e. The summed E-state index contributed by atoms with van der Waals surface area (Å²) >= 11 is 0. The molecule has 6 heteroatoms. The highest BCUT2D eigenvalue weighted by Gasteiger charge is 2.37. The molecule has 0 atom stereocenters. The molecule has 0 radical (unpaired) electrons. The number of amides is 1. The Morgan fingerprint density at radius 3 is 2.82 bits per heavy atom. The van der Waals surface area contributed by atoms with Crippen LogP contribution in [0.4, 0.5) is 0 Å². The van der Waals surface area contributed by atoms with E-state index in [9.17, 15) is 4.79 Å². The quantitative estimate of drug-likeness (QED) is 0.799. The highest BCUT2D eigenvalue weighted by Crippen LogP contribution is 2.35. The third-order valence-electron chi connectivity index (χ3n) is 3.55. The number of hydrogen-bond donors (Lipinski definition) is 2. The number of rotatable bonds is 3. The van der Waals surface area contributed by atoms with Gasteiger partial charge in [0.05, 0.1) is 5.41 Å². The van der Waals surface area contributed by atoms with Gasteiger partial charge in [0.15, 0.2) is 0 Å². The smallest absolute Gasteiger partial charge is 0.292 e. The highest BCUT2D eigenvalue weighted by atomic mass is 16.5. The molecule has 1 fully saturated rings. The normalized spacial score (nSPS) is 18.9. The van der Waals surface area contributed by atoms with Crippen molar-refractivity contribution in [3.8, 4) is 0 Å². The van der Waals surface area contributed by atoms with Gasteiger partial charge in [0.1, 0.15) is 0 Å². The maximum absolute atomic E-state index is 11.4. The van der Waals surface area contributed by atoms with Crippen LogP contribution in [0.1, 0.15) is 42.7 Å². The summed E-state index contributed by atoms with van der Waals surface area (Å²) in [6.45, 7) is 4.02. The van der Waals surface area contributed by atoms with E-state index in [0.717, 1.165) is 32.4 Å². The molecule has 0 aromatic carbocycles. The Kier molecular flexibility index (Phi) is 3.42. The van der Waals surface area contributed by atoms with E-state index in [0.29, 0.717) is 5.89 Å². The number of nitrogens with zero attached hydrogens (tertiary/aromatic N) is 2. The largest absolute Gasteiger partial charge is 0.352 e. The van der Waals surface area contributed by atoms with Crippen LogP contribution in [0, 0.1) is 0 Å². The van der Waals surface area contributed by atoms with E-state index in [2.05, 4.69) is 27.7 Å². The molecule has 1 aromatic rings. The van der Waals surface area contributed by atoms with Crippen molar-refractivity contribution in [3.05, 3.63) is 11.7 Å². The Hall–Kier alpha value is -1.43. The van der Waals surface area contributed by atoms with Gasteiger partial charge in [-0.25, -0.2) is 0 Å². The van der Waals surface area contributed by atoms with Crippen molar-refractivity contribution in [2.45, 2.75) is 31.6 Å². The van der Waals surface area contributed by atoms with Crippen LogP contribution in [0.2, 0.25) is 0 Å². The molecule has 94 valence electrons. The van der Waals surface area contributed by atoms with Gasteiger partial charge in [0.25, 0.3) is 11.7 Å². The van der Waals surface area contributed by atoms with Crippen molar-refractivity contribution in [3.63, 3.8) is 0 Å². The summed E-state index contributed by atoms with van der Waals surface area (Å²) < 4.78 is 5.27. The molecule has 1 saturated heterocycles. The third-order valence-corrected chi connectivity index (χ3v) is 3.55. The first kappa shape index (κ1) is 12.0. The van der Waals surface area contributed by atoms with Gasteiger partial charge in [0.2, 0.25) is 5.89 Å². The predicted octanol–water partition coefficient (Wildman–Crippen LogP) is 0.460. The van der Waals surface area contributed by atoms with Gasteiger partial charge in [0, 0.05) is 7.05 Å². The monoisotopic (exact) mass is 238 g/mol. The molecule has 0 aliphatic carbocycles. The second-order valence-electron chi connectivity index (χ2n) is 4.39. The van der Waals surface area contributed by atoms with E-state index in [1.165, 1.54) is 0 Å². The third kappa shape index (κ3) is 2.17. The van der Waals surface area contributed by atoms with E-state index in [4.69, 9.17) is 4.52 Å². The second kappa shape index (κ2) is 4.83. The molecule has 2 N–H and O–H groups in total. The highest BCUT2D eigenvalue weighted by molar-refractivity contribution is 5.89.